The molecule has 0 saturated heterocycles. The van der Waals surface area contributed by atoms with Crippen LogP contribution in [0.5, 0.6) is 0 Å². The largest absolute Gasteiger partial charge is 0.461 e. The molecule has 2 saturated carbocycles. The lowest BCUT2D eigenvalue weighted by atomic mass is 9.47. The van der Waals surface area contributed by atoms with Crippen molar-refractivity contribution in [1.29, 1.82) is 0 Å². The highest BCUT2D eigenvalue weighted by atomic mass is 16.6. The summed E-state index contributed by atoms with van der Waals surface area (Å²) in [5.41, 5.74) is 4.64. The van der Waals surface area contributed by atoms with E-state index >= 15 is 0 Å². The first kappa shape index (κ1) is 33.3. The van der Waals surface area contributed by atoms with E-state index in [1.165, 1.54) is 23.2 Å². The topological polar surface area (TPSA) is 112 Å². The van der Waals surface area contributed by atoms with Crippen molar-refractivity contribution in [3.63, 3.8) is 0 Å². The number of amides is 2. The third-order valence-corrected chi connectivity index (χ3v) is 11.6. The van der Waals surface area contributed by atoms with E-state index in [1.807, 2.05) is 20.2 Å². The molecule has 2 N–H and O–H groups in total. The van der Waals surface area contributed by atoms with E-state index in [9.17, 15) is 14.4 Å². The minimum absolute atomic E-state index is 0.115. The van der Waals surface area contributed by atoms with Gasteiger partial charge in [-0.05, 0) is 101 Å². The first-order valence-electron chi connectivity index (χ1n) is 17.5. The lowest BCUT2D eigenvalue weighted by Gasteiger charge is -2.57. The molecule has 6 rings (SSSR count). The van der Waals surface area contributed by atoms with Gasteiger partial charge in [-0.1, -0.05) is 57.6 Å². The highest BCUT2D eigenvalue weighted by Gasteiger charge is 2.57. The van der Waals surface area contributed by atoms with E-state index in [4.69, 9.17) is 14.5 Å². The van der Waals surface area contributed by atoms with Crippen LogP contribution in [0.4, 0.5) is 4.79 Å². The predicted octanol–water partition coefficient (Wildman–Crippen LogP) is 7.03. The van der Waals surface area contributed by atoms with Crippen LogP contribution in [0.1, 0.15) is 93.4 Å². The number of benzene rings is 1. The van der Waals surface area contributed by atoms with Crippen LogP contribution in [0.3, 0.4) is 0 Å². The molecule has 0 radical (unpaired) electrons. The summed E-state index contributed by atoms with van der Waals surface area (Å²) >= 11 is 0. The van der Waals surface area contributed by atoms with E-state index in [0.29, 0.717) is 17.8 Å². The number of para-hydroxylation sites is 2. The molecule has 0 spiro atoms. The van der Waals surface area contributed by atoms with Gasteiger partial charge in [-0.3, -0.25) is 9.59 Å². The maximum absolute atomic E-state index is 12.9. The Labute approximate surface area is 278 Å². The van der Waals surface area contributed by atoms with Crippen molar-refractivity contribution in [2.75, 3.05) is 6.54 Å². The van der Waals surface area contributed by atoms with Crippen LogP contribution in [-0.4, -0.2) is 51.8 Å². The van der Waals surface area contributed by atoms with Crippen LogP contribution in [0, 0.1) is 34.5 Å². The molecular weight excluding hydrogens is 592 g/mol. The molecule has 254 valence electrons. The Morgan fingerprint density at radius 3 is 2.51 bits per heavy atom. The van der Waals surface area contributed by atoms with Crippen molar-refractivity contribution >= 4 is 34.7 Å². The van der Waals surface area contributed by atoms with E-state index in [1.54, 1.807) is 20.8 Å². The fourth-order valence-corrected chi connectivity index (χ4v) is 9.26. The number of rotatable bonds is 7. The fourth-order valence-electron chi connectivity index (χ4n) is 9.26. The average molecular weight is 645 g/mol. The van der Waals surface area contributed by atoms with Gasteiger partial charge in [0.15, 0.2) is 0 Å². The molecule has 2 fully saturated rings. The molecule has 9 nitrogen and oxygen atoms in total. The van der Waals surface area contributed by atoms with Gasteiger partial charge in [-0.25, -0.2) is 9.78 Å². The van der Waals surface area contributed by atoms with E-state index < -0.39 is 29.6 Å². The maximum Gasteiger partial charge on any atom is 0.408 e. The van der Waals surface area contributed by atoms with Crippen molar-refractivity contribution in [2.24, 2.45) is 34.5 Å². The number of hydrogen-bond donors (Lipinski definition) is 2. The number of nitrogens with one attached hydrogen (secondary N) is 2. The Morgan fingerprint density at radius 1 is 1.02 bits per heavy atom. The van der Waals surface area contributed by atoms with Crippen LogP contribution in [-0.2, 0) is 19.1 Å². The van der Waals surface area contributed by atoms with Gasteiger partial charge in [-0.2, -0.15) is 0 Å². The lowest BCUT2D eigenvalue weighted by molar-refractivity contribution is -0.151. The molecule has 0 bridgehead atoms. The minimum Gasteiger partial charge on any atom is -0.461 e. The second kappa shape index (κ2) is 12.4. The third kappa shape index (κ3) is 6.34. The van der Waals surface area contributed by atoms with Gasteiger partial charge in [0.05, 0.1) is 11.0 Å². The van der Waals surface area contributed by atoms with E-state index in [0.717, 1.165) is 44.0 Å². The monoisotopic (exact) mass is 644 g/mol. The third-order valence-electron chi connectivity index (χ3n) is 11.6. The summed E-state index contributed by atoms with van der Waals surface area (Å²) in [5.74, 6) is 0.774. The van der Waals surface area contributed by atoms with E-state index in [-0.39, 0.29) is 29.4 Å². The number of esters is 1. The Hall–Kier alpha value is -3.62. The highest BCUT2D eigenvalue weighted by molar-refractivity contribution is 5.88. The Kier molecular flexibility index (Phi) is 8.81. The zero-order valence-corrected chi connectivity index (χ0v) is 29.1. The quantitative estimate of drug-likeness (QED) is 0.247. The zero-order chi connectivity index (χ0) is 33.7. The summed E-state index contributed by atoms with van der Waals surface area (Å²) in [4.78, 5) is 42.7. The number of carbonyl (C=O) groups is 3. The van der Waals surface area contributed by atoms with Crippen molar-refractivity contribution in [1.82, 2.24) is 20.2 Å². The first-order valence-corrected chi connectivity index (χ1v) is 17.5. The summed E-state index contributed by atoms with van der Waals surface area (Å²) in [5, 5.41) is 5.29. The highest BCUT2D eigenvalue weighted by Crippen LogP contribution is 2.65. The molecule has 9 heteroatoms. The van der Waals surface area contributed by atoms with Crippen LogP contribution >= 0.6 is 0 Å². The number of alkyl carbamates (subject to hydrolysis) is 1. The molecule has 4 aliphatic rings. The van der Waals surface area contributed by atoms with Crippen molar-refractivity contribution in [3.8, 4) is 0 Å². The number of ether oxygens (including phenoxy) is 2. The van der Waals surface area contributed by atoms with E-state index in [2.05, 4.69) is 65.5 Å². The molecule has 4 unspecified atom stereocenters. The second-order valence-corrected chi connectivity index (χ2v) is 16.1. The Balaban J connectivity index is 1.05. The molecule has 4 aliphatic carbocycles. The summed E-state index contributed by atoms with van der Waals surface area (Å²) in [6.45, 7) is 13.6. The van der Waals surface area contributed by atoms with Gasteiger partial charge in [-0.15, -0.1) is 0 Å². The summed E-state index contributed by atoms with van der Waals surface area (Å²) in [7, 11) is 0. The number of carbonyl (C=O) groups excluding carboxylic acids is 3. The van der Waals surface area contributed by atoms with Crippen molar-refractivity contribution in [2.45, 2.75) is 111 Å². The smallest absolute Gasteiger partial charge is 0.408 e. The number of allylic oxidation sites excluding steroid dienone is 3. The first-order chi connectivity index (χ1) is 22.2. The molecule has 1 heterocycles. The molecule has 0 aliphatic heterocycles. The lowest BCUT2D eigenvalue weighted by Crippen LogP contribution is -2.52. The number of nitrogens with zero attached hydrogens (tertiary/aromatic N) is 2. The maximum atomic E-state index is 12.9. The number of fused-ring (bicyclic) bond motifs is 6. The second-order valence-electron chi connectivity index (χ2n) is 16.1. The SMILES string of the molecule is CC(C)C(NC(=O)OC(C)(C)C)C(=O)NCC(=O)O[C@H]1CC[C@@]2(C)C(=CCC3C2CC[C@]2(C)C(n4cnc5ccccc54)=CCC32)C1. The van der Waals surface area contributed by atoms with Gasteiger partial charge in [0.25, 0.3) is 0 Å². The standard InChI is InChI=1S/C38H52N4O5/c1-23(2)33(41-35(45)47-36(3,4)5)34(44)39-21-32(43)46-25-16-18-37(6)24(20-25)12-13-26-27-14-15-31(38(27,7)19-17-28(26)37)42-22-40-29-10-8-9-11-30(29)42/h8-12,15,22-23,25-28,33H,13-14,16-21H2,1-7H3,(H,39,44)(H,41,45)/t25-,26?,27?,28?,33?,37-,38-/m0/s1. The molecule has 2 aromatic rings. The zero-order valence-electron chi connectivity index (χ0n) is 29.1. The predicted molar refractivity (Wildman–Crippen MR) is 182 cm³/mol. The van der Waals surface area contributed by atoms with Gasteiger partial charge >= 0.3 is 12.1 Å². The van der Waals surface area contributed by atoms with Gasteiger partial charge in [0, 0.05) is 17.5 Å². The van der Waals surface area contributed by atoms with Crippen molar-refractivity contribution in [3.05, 3.63) is 48.3 Å². The number of aromatic nitrogens is 2. The van der Waals surface area contributed by atoms with Gasteiger partial charge < -0.3 is 24.7 Å². The molecule has 1 aromatic heterocycles. The van der Waals surface area contributed by atoms with Gasteiger partial charge in [0.1, 0.15) is 30.6 Å². The minimum atomic E-state index is -0.823. The average Bonchev–Trinajstić information content (AvgIpc) is 3.58. The van der Waals surface area contributed by atoms with Crippen LogP contribution < -0.4 is 10.6 Å². The molecule has 7 atom stereocenters. The summed E-state index contributed by atoms with van der Waals surface area (Å²) in [6, 6.07) is 7.59. The molecular formula is C38H52N4O5. The summed E-state index contributed by atoms with van der Waals surface area (Å²) in [6.07, 6.45) is 13.2. The normalized spacial score (nSPS) is 30.7. The van der Waals surface area contributed by atoms with Crippen LogP contribution in [0.25, 0.3) is 16.7 Å². The fraction of sp³-hybridized carbons (Fsp3) is 0.632. The number of hydrogen-bond acceptors (Lipinski definition) is 6. The molecule has 47 heavy (non-hydrogen) atoms. The van der Waals surface area contributed by atoms with Gasteiger partial charge in [0.2, 0.25) is 5.91 Å². The summed E-state index contributed by atoms with van der Waals surface area (Å²) < 4.78 is 13.6. The molecule has 1 aromatic carbocycles. The Bertz CT molecular complexity index is 1600. The van der Waals surface area contributed by atoms with Crippen molar-refractivity contribution < 1.29 is 23.9 Å². The van der Waals surface area contributed by atoms with Crippen LogP contribution in [0.2, 0.25) is 0 Å². The van der Waals surface area contributed by atoms with Crippen LogP contribution in [0.15, 0.2) is 48.3 Å². The number of imidazole rings is 1. The Morgan fingerprint density at radius 2 is 1.77 bits per heavy atom. The molecule has 2 amide bonds.